The molecule has 0 saturated heterocycles. The molecule has 2 aromatic carbocycles. The van der Waals surface area contributed by atoms with E-state index in [0.29, 0.717) is 11.3 Å². The van der Waals surface area contributed by atoms with Crippen molar-refractivity contribution in [1.82, 2.24) is 4.31 Å². The summed E-state index contributed by atoms with van der Waals surface area (Å²) in [4.78, 5) is 23.2. The van der Waals surface area contributed by atoms with Crippen molar-refractivity contribution in [2.45, 2.75) is 50.0 Å². The molecule has 0 aromatic heterocycles. The Kier molecular flexibility index (Phi) is 6.52. The van der Waals surface area contributed by atoms with Gasteiger partial charge in [-0.05, 0) is 50.1 Å². The van der Waals surface area contributed by atoms with Gasteiger partial charge in [-0.1, -0.05) is 25.3 Å². The first-order valence-corrected chi connectivity index (χ1v) is 11.3. The smallest absolute Gasteiger partial charge is 0.274 e. The van der Waals surface area contributed by atoms with Gasteiger partial charge in [-0.25, -0.2) is 8.42 Å². The third kappa shape index (κ3) is 4.68. The molecule has 1 N–H and O–H groups in total. The molecule has 30 heavy (non-hydrogen) atoms. The molecule has 8 nitrogen and oxygen atoms in total. The van der Waals surface area contributed by atoms with Gasteiger partial charge in [-0.3, -0.25) is 14.9 Å². The number of sulfonamides is 1. The van der Waals surface area contributed by atoms with Crippen LogP contribution in [0, 0.1) is 17.0 Å². The highest BCUT2D eigenvalue weighted by molar-refractivity contribution is 7.89. The Bertz CT molecular complexity index is 1040. The number of aryl methyl sites for hydroxylation is 1. The maximum absolute atomic E-state index is 12.9. The van der Waals surface area contributed by atoms with E-state index < -0.39 is 20.9 Å². The van der Waals surface area contributed by atoms with Gasteiger partial charge in [0.05, 0.1) is 9.82 Å². The largest absolute Gasteiger partial charge is 0.322 e. The Balaban J connectivity index is 1.74. The lowest BCUT2D eigenvalue weighted by atomic mass is 9.96. The van der Waals surface area contributed by atoms with Crippen molar-refractivity contribution in [2.24, 2.45) is 0 Å². The fourth-order valence-electron chi connectivity index (χ4n) is 3.67. The number of carbonyl (C=O) groups excluding carboxylic acids is 1. The number of benzene rings is 2. The summed E-state index contributed by atoms with van der Waals surface area (Å²) in [6, 6.07) is 10.2. The second-order valence-corrected chi connectivity index (χ2v) is 9.55. The molecule has 0 atom stereocenters. The van der Waals surface area contributed by atoms with Crippen LogP contribution in [0.3, 0.4) is 0 Å². The summed E-state index contributed by atoms with van der Waals surface area (Å²) in [6.07, 6.45) is 4.91. The lowest BCUT2D eigenvalue weighted by molar-refractivity contribution is -0.385. The van der Waals surface area contributed by atoms with Gasteiger partial charge < -0.3 is 5.32 Å². The van der Waals surface area contributed by atoms with Crippen molar-refractivity contribution >= 4 is 27.3 Å². The average molecular weight is 432 g/mol. The third-order valence-electron chi connectivity index (χ3n) is 5.55. The van der Waals surface area contributed by atoms with Crippen LogP contribution in [0.25, 0.3) is 0 Å². The van der Waals surface area contributed by atoms with Crippen molar-refractivity contribution in [3.63, 3.8) is 0 Å². The molecule has 2 aromatic rings. The maximum atomic E-state index is 12.9. The summed E-state index contributed by atoms with van der Waals surface area (Å²) >= 11 is 0. The summed E-state index contributed by atoms with van der Waals surface area (Å²) in [6.45, 7) is 1.62. The fourth-order valence-corrected chi connectivity index (χ4v) is 5.09. The Labute approximate surface area is 176 Å². The summed E-state index contributed by atoms with van der Waals surface area (Å²) < 4.78 is 27.2. The van der Waals surface area contributed by atoms with Gasteiger partial charge in [0.1, 0.15) is 0 Å². The molecule has 3 rings (SSSR count). The van der Waals surface area contributed by atoms with E-state index in [1.807, 2.05) is 0 Å². The summed E-state index contributed by atoms with van der Waals surface area (Å²) in [7, 11) is -2.03. The lowest BCUT2D eigenvalue weighted by Crippen LogP contribution is -2.38. The highest BCUT2D eigenvalue weighted by atomic mass is 32.2. The van der Waals surface area contributed by atoms with E-state index in [2.05, 4.69) is 5.32 Å². The minimum Gasteiger partial charge on any atom is -0.322 e. The molecule has 9 heteroatoms. The SMILES string of the molecule is Cc1ccc(NC(=O)c2ccc(S(=O)(=O)N(C)C3CCCCC3)cc2)cc1[N+](=O)[O-]. The molecule has 0 spiro atoms. The number of nitro benzene ring substituents is 1. The normalized spacial score (nSPS) is 15.2. The van der Waals surface area contributed by atoms with Crippen molar-refractivity contribution in [3.05, 3.63) is 63.7 Å². The first-order valence-electron chi connectivity index (χ1n) is 9.84. The topological polar surface area (TPSA) is 110 Å². The van der Waals surface area contributed by atoms with Crippen LogP contribution in [0.4, 0.5) is 11.4 Å². The molecule has 1 aliphatic carbocycles. The van der Waals surface area contributed by atoms with Crippen LogP contribution in [0.15, 0.2) is 47.4 Å². The predicted octanol–water partition coefficient (Wildman–Crippen LogP) is 4.11. The minimum absolute atomic E-state index is 0.00375. The number of nitro groups is 1. The quantitative estimate of drug-likeness (QED) is 0.547. The first kappa shape index (κ1) is 21.9. The highest BCUT2D eigenvalue weighted by Crippen LogP contribution is 2.27. The van der Waals surface area contributed by atoms with Crippen molar-refractivity contribution in [2.75, 3.05) is 12.4 Å². The van der Waals surface area contributed by atoms with Crippen LogP contribution in [0.2, 0.25) is 0 Å². The Morgan fingerprint density at radius 3 is 2.33 bits per heavy atom. The van der Waals surface area contributed by atoms with Crippen LogP contribution in [0.5, 0.6) is 0 Å². The molecule has 1 fully saturated rings. The van der Waals surface area contributed by atoms with Crippen molar-refractivity contribution in [3.8, 4) is 0 Å². The van der Waals surface area contributed by atoms with Crippen LogP contribution in [0.1, 0.15) is 48.0 Å². The molecular weight excluding hydrogens is 406 g/mol. The molecule has 0 bridgehead atoms. The van der Waals surface area contributed by atoms with Crippen LogP contribution >= 0.6 is 0 Å². The molecule has 0 aliphatic heterocycles. The van der Waals surface area contributed by atoms with E-state index in [0.717, 1.165) is 32.1 Å². The molecule has 0 radical (unpaired) electrons. The van der Waals surface area contributed by atoms with E-state index >= 15 is 0 Å². The lowest BCUT2D eigenvalue weighted by Gasteiger charge is -2.30. The standard InChI is InChI=1S/C21H25N3O5S/c1-15-8-11-17(14-20(15)24(26)27)22-21(25)16-9-12-19(13-10-16)30(28,29)23(2)18-6-4-3-5-7-18/h8-14,18H,3-7H2,1-2H3,(H,22,25). The molecule has 1 amide bonds. The number of hydrogen-bond donors (Lipinski definition) is 1. The third-order valence-corrected chi connectivity index (χ3v) is 7.47. The van der Waals surface area contributed by atoms with Crippen molar-refractivity contribution < 1.29 is 18.1 Å². The Hall–Kier alpha value is -2.78. The number of carbonyl (C=O) groups is 1. The molecule has 0 heterocycles. The number of amides is 1. The predicted molar refractivity (Wildman–Crippen MR) is 114 cm³/mol. The van der Waals surface area contributed by atoms with E-state index in [-0.39, 0.29) is 22.2 Å². The Morgan fingerprint density at radius 2 is 1.73 bits per heavy atom. The number of nitrogens with one attached hydrogen (secondary N) is 1. The monoisotopic (exact) mass is 431 g/mol. The fraction of sp³-hybridized carbons (Fsp3) is 0.381. The number of rotatable bonds is 6. The number of hydrogen-bond acceptors (Lipinski definition) is 5. The van der Waals surface area contributed by atoms with Crippen LogP contribution in [-0.4, -0.2) is 36.6 Å². The first-order chi connectivity index (χ1) is 14.2. The summed E-state index contributed by atoms with van der Waals surface area (Å²) in [5, 5.41) is 13.7. The van der Waals surface area contributed by atoms with Gasteiger partial charge in [0, 0.05) is 36.0 Å². The molecular formula is C21H25N3O5S. The molecule has 1 aliphatic rings. The minimum atomic E-state index is -3.63. The Morgan fingerprint density at radius 1 is 1.10 bits per heavy atom. The number of anilines is 1. The highest BCUT2D eigenvalue weighted by Gasteiger charge is 2.29. The average Bonchev–Trinajstić information content (AvgIpc) is 2.75. The van der Waals surface area contributed by atoms with Gasteiger partial charge >= 0.3 is 0 Å². The second-order valence-electron chi connectivity index (χ2n) is 7.55. The zero-order valence-electron chi connectivity index (χ0n) is 17.0. The van der Waals surface area contributed by atoms with Gasteiger partial charge in [0.15, 0.2) is 0 Å². The van der Waals surface area contributed by atoms with E-state index in [1.54, 1.807) is 26.1 Å². The van der Waals surface area contributed by atoms with Gasteiger partial charge in [-0.2, -0.15) is 4.31 Å². The molecule has 1 saturated carbocycles. The van der Waals surface area contributed by atoms with Gasteiger partial charge in [-0.15, -0.1) is 0 Å². The van der Waals surface area contributed by atoms with Crippen LogP contribution < -0.4 is 5.32 Å². The molecule has 160 valence electrons. The molecule has 0 unspecified atom stereocenters. The maximum Gasteiger partial charge on any atom is 0.274 e. The van der Waals surface area contributed by atoms with E-state index in [4.69, 9.17) is 0 Å². The summed E-state index contributed by atoms with van der Waals surface area (Å²) in [5.74, 6) is -0.474. The van der Waals surface area contributed by atoms with Gasteiger partial charge in [0.25, 0.3) is 11.6 Å². The zero-order valence-corrected chi connectivity index (χ0v) is 17.8. The van der Waals surface area contributed by atoms with Crippen LogP contribution in [-0.2, 0) is 10.0 Å². The summed E-state index contributed by atoms with van der Waals surface area (Å²) in [5.41, 5.74) is 0.971. The number of nitrogens with zero attached hydrogens (tertiary/aromatic N) is 2. The van der Waals surface area contributed by atoms with Crippen molar-refractivity contribution in [1.29, 1.82) is 0 Å². The zero-order chi connectivity index (χ0) is 21.9. The van der Waals surface area contributed by atoms with E-state index in [1.165, 1.54) is 34.6 Å². The van der Waals surface area contributed by atoms with E-state index in [9.17, 15) is 23.3 Å². The second kappa shape index (κ2) is 8.93. The van der Waals surface area contributed by atoms with Gasteiger partial charge in [0.2, 0.25) is 10.0 Å².